The number of sulfonamides is 1. The molecule has 0 atom stereocenters. The number of hydrogen-bond acceptors (Lipinski definition) is 8. The highest BCUT2D eigenvalue weighted by Gasteiger charge is 2.21. The summed E-state index contributed by atoms with van der Waals surface area (Å²) in [6.45, 7) is 0. The average Bonchev–Trinajstić information content (AvgIpc) is 2.81. The number of nitrogen functional groups attached to an aromatic ring is 1. The van der Waals surface area contributed by atoms with E-state index in [-0.39, 0.29) is 22.1 Å². The minimum Gasteiger partial charge on any atom is -0.465 e. The number of carbonyl (C=O) groups is 1. The van der Waals surface area contributed by atoms with Gasteiger partial charge >= 0.3 is 5.97 Å². The summed E-state index contributed by atoms with van der Waals surface area (Å²) in [6.07, 6.45) is 0. The van der Waals surface area contributed by atoms with Crippen molar-refractivity contribution in [2.75, 3.05) is 17.6 Å². The van der Waals surface area contributed by atoms with Crippen LogP contribution in [-0.2, 0) is 21.8 Å². The molecule has 0 saturated carbocycles. The van der Waals surface area contributed by atoms with E-state index in [4.69, 9.17) is 5.73 Å². The molecule has 0 saturated heterocycles. The van der Waals surface area contributed by atoms with Crippen LogP contribution in [0.15, 0.2) is 23.1 Å². The molecule has 0 aliphatic carbocycles. The van der Waals surface area contributed by atoms with Crippen LogP contribution in [0.3, 0.4) is 0 Å². The highest BCUT2D eigenvalue weighted by molar-refractivity contribution is 7.92. The number of hydrogen-bond donors (Lipinski definition) is 2. The minimum absolute atomic E-state index is 0.103. The Balaban J connectivity index is 2.34. The summed E-state index contributed by atoms with van der Waals surface area (Å²) in [5, 5.41) is 10.7. The largest absolute Gasteiger partial charge is 0.465 e. The Morgan fingerprint density at radius 3 is 2.67 bits per heavy atom. The van der Waals surface area contributed by atoms with Crippen LogP contribution in [0, 0.1) is 0 Å². The van der Waals surface area contributed by atoms with Gasteiger partial charge in [-0.25, -0.2) is 17.9 Å². The number of nitrogens with zero attached hydrogens (tertiary/aromatic N) is 4. The first kappa shape index (κ1) is 14.7. The average molecular weight is 312 g/mol. The van der Waals surface area contributed by atoms with Gasteiger partial charge < -0.3 is 10.5 Å². The zero-order valence-electron chi connectivity index (χ0n) is 11.1. The zero-order valence-corrected chi connectivity index (χ0v) is 12.0. The molecule has 10 nitrogen and oxygen atoms in total. The second-order valence-electron chi connectivity index (χ2n) is 3.95. The van der Waals surface area contributed by atoms with E-state index in [1.54, 1.807) is 0 Å². The minimum atomic E-state index is -3.99. The molecule has 1 aromatic carbocycles. The van der Waals surface area contributed by atoms with Crippen LogP contribution in [0.4, 0.5) is 11.6 Å². The molecular formula is C10H12N6O4S. The fourth-order valence-electron chi connectivity index (χ4n) is 1.54. The smallest absolute Gasteiger partial charge is 0.337 e. The summed E-state index contributed by atoms with van der Waals surface area (Å²) in [4.78, 5) is 12.2. The molecule has 1 heterocycles. The molecule has 0 bridgehead atoms. The van der Waals surface area contributed by atoms with Gasteiger partial charge in [-0.2, -0.15) is 4.80 Å². The van der Waals surface area contributed by atoms with Crippen molar-refractivity contribution in [1.29, 1.82) is 0 Å². The van der Waals surface area contributed by atoms with Gasteiger partial charge in [-0.15, -0.1) is 5.10 Å². The Bertz CT molecular complexity index is 785. The monoisotopic (exact) mass is 312 g/mol. The number of anilines is 2. The number of aryl methyl sites for hydroxylation is 1. The van der Waals surface area contributed by atoms with Crippen molar-refractivity contribution >= 4 is 27.6 Å². The molecule has 0 amide bonds. The number of benzene rings is 1. The number of esters is 1. The molecule has 3 N–H and O–H groups in total. The van der Waals surface area contributed by atoms with Gasteiger partial charge in [-0.1, -0.05) is 5.10 Å². The maximum Gasteiger partial charge on any atom is 0.337 e. The number of tetrazole rings is 1. The number of aromatic nitrogens is 4. The second kappa shape index (κ2) is 5.36. The van der Waals surface area contributed by atoms with Crippen molar-refractivity contribution in [1.82, 2.24) is 20.2 Å². The summed E-state index contributed by atoms with van der Waals surface area (Å²) in [5.41, 5.74) is 5.71. The third-order valence-corrected chi connectivity index (χ3v) is 3.86. The summed E-state index contributed by atoms with van der Waals surface area (Å²) in [5.74, 6) is -0.803. The second-order valence-corrected chi connectivity index (χ2v) is 5.60. The first-order valence-electron chi connectivity index (χ1n) is 5.58. The Kier molecular flexibility index (Phi) is 3.76. The lowest BCUT2D eigenvalue weighted by Crippen LogP contribution is -2.16. The predicted octanol–water partition coefficient (Wildman–Crippen LogP) is -0.620. The van der Waals surface area contributed by atoms with Crippen LogP contribution in [0.5, 0.6) is 0 Å². The number of methoxy groups -OCH3 is 1. The van der Waals surface area contributed by atoms with Crippen molar-refractivity contribution in [3.05, 3.63) is 23.8 Å². The normalized spacial score (nSPS) is 11.1. The van der Waals surface area contributed by atoms with Gasteiger partial charge in [0.1, 0.15) is 4.90 Å². The third kappa shape index (κ3) is 3.08. The lowest BCUT2D eigenvalue weighted by atomic mass is 10.2. The molecule has 0 unspecified atom stereocenters. The first-order valence-corrected chi connectivity index (χ1v) is 7.06. The Morgan fingerprint density at radius 2 is 2.14 bits per heavy atom. The van der Waals surface area contributed by atoms with Gasteiger partial charge in [0.25, 0.3) is 16.0 Å². The summed E-state index contributed by atoms with van der Waals surface area (Å²) >= 11 is 0. The van der Waals surface area contributed by atoms with E-state index in [0.29, 0.717) is 0 Å². The van der Waals surface area contributed by atoms with Crippen LogP contribution >= 0.6 is 0 Å². The number of carbonyl (C=O) groups excluding carboxylic acids is 1. The molecule has 2 rings (SSSR count). The fourth-order valence-corrected chi connectivity index (χ4v) is 2.59. The highest BCUT2D eigenvalue weighted by atomic mass is 32.2. The van der Waals surface area contributed by atoms with Gasteiger partial charge in [-0.3, -0.25) is 0 Å². The lowest BCUT2D eigenvalue weighted by Gasteiger charge is -2.08. The van der Waals surface area contributed by atoms with Gasteiger partial charge in [0.05, 0.1) is 25.4 Å². The van der Waals surface area contributed by atoms with Crippen LogP contribution < -0.4 is 10.5 Å². The van der Waals surface area contributed by atoms with Crippen LogP contribution in [0.2, 0.25) is 0 Å². The Labute approximate surface area is 119 Å². The molecule has 21 heavy (non-hydrogen) atoms. The van der Waals surface area contributed by atoms with E-state index in [2.05, 4.69) is 24.9 Å². The van der Waals surface area contributed by atoms with Crippen LogP contribution in [-0.4, -0.2) is 41.7 Å². The van der Waals surface area contributed by atoms with E-state index in [1.807, 2.05) is 0 Å². The third-order valence-electron chi connectivity index (χ3n) is 2.45. The van der Waals surface area contributed by atoms with Crippen LogP contribution in [0.1, 0.15) is 10.4 Å². The SMILES string of the molecule is COC(=O)c1ccc(S(=O)(=O)Nc2nnn(C)n2)c(N)c1. The van der Waals surface area contributed by atoms with Gasteiger partial charge in [-0.05, 0) is 23.4 Å². The van der Waals surface area contributed by atoms with Gasteiger partial charge in [0.15, 0.2) is 0 Å². The predicted molar refractivity (Wildman–Crippen MR) is 71.8 cm³/mol. The maximum absolute atomic E-state index is 12.2. The van der Waals surface area contributed by atoms with E-state index in [0.717, 1.165) is 4.80 Å². The molecule has 0 fully saturated rings. The molecule has 0 radical (unpaired) electrons. The molecule has 2 aromatic rings. The zero-order chi connectivity index (χ0) is 15.6. The molecule has 0 aliphatic heterocycles. The first-order chi connectivity index (χ1) is 9.83. The Morgan fingerprint density at radius 1 is 1.43 bits per heavy atom. The van der Waals surface area contributed by atoms with Crippen LogP contribution in [0.25, 0.3) is 0 Å². The molecular weight excluding hydrogens is 300 g/mol. The topological polar surface area (TPSA) is 142 Å². The van der Waals surface area contributed by atoms with E-state index in [1.165, 1.54) is 32.4 Å². The fraction of sp³-hybridized carbons (Fsp3) is 0.200. The van der Waals surface area contributed by atoms with E-state index < -0.39 is 16.0 Å². The molecule has 11 heteroatoms. The van der Waals surface area contributed by atoms with E-state index >= 15 is 0 Å². The number of nitrogens with one attached hydrogen (secondary N) is 1. The highest BCUT2D eigenvalue weighted by Crippen LogP contribution is 2.21. The summed E-state index contributed by atoms with van der Waals surface area (Å²) < 4.78 is 31.0. The van der Waals surface area contributed by atoms with Crippen molar-refractivity contribution in [3.63, 3.8) is 0 Å². The molecule has 0 spiro atoms. The standard InChI is InChI=1S/C10H12N6O4S/c1-16-13-10(12-15-16)14-21(18,19)8-4-3-6(5-7(8)11)9(17)20-2/h3-5H,11H2,1-2H3,(H,13,14). The molecule has 1 aromatic heterocycles. The van der Waals surface area contributed by atoms with Gasteiger partial charge in [0.2, 0.25) is 0 Å². The molecule has 0 aliphatic rings. The maximum atomic E-state index is 12.2. The number of ether oxygens (including phenoxy) is 1. The summed E-state index contributed by atoms with van der Waals surface area (Å²) in [6, 6.07) is 3.70. The van der Waals surface area contributed by atoms with Crippen molar-refractivity contribution in [2.24, 2.45) is 7.05 Å². The number of rotatable bonds is 4. The number of nitrogens with two attached hydrogens (primary N) is 1. The quantitative estimate of drug-likeness (QED) is 0.561. The Hall–Kier alpha value is -2.69. The van der Waals surface area contributed by atoms with Crippen molar-refractivity contribution < 1.29 is 17.9 Å². The lowest BCUT2D eigenvalue weighted by molar-refractivity contribution is 0.0600. The van der Waals surface area contributed by atoms with E-state index in [9.17, 15) is 13.2 Å². The summed E-state index contributed by atoms with van der Waals surface area (Å²) in [7, 11) is -1.28. The van der Waals surface area contributed by atoms with Crippen molar-refractivity contribution in [3.8, 4) is 0 Å². The molecule has 112 valence electrons. The van der Waals surface area contributed by atoms with Crippen molar-refractivity contribution in [2.45, 2.75) is 4.90 Å². The van der Waals surface area contributed by atoms with Gasteiger partial charge in [0, 0.05) is 0 Å².